The van der Waals surface area contributed by atoms with Crippen LogP contribution in [0.15, 0.2) is 0 Å². The van der Waals surface area contributed by atoms with E-state index in [2.05, 4.69) is 36.0 Å². The van der Waals surface area contributed by atoms with Crippen LogP contribution in [0.1, 0.15) is 39.5 Å². The molecule has 1 unspecified atom stereocenters. The number of hydrogen-bond acceptors (Lipinski definition) is 2. The third kappa shape index (κ3) is 6.47. The summed E-state index contributed by atoms with van der Waals surface area (Å²) in [5, 5.41) is 2.64. The van der Waals surface area contributed by atoms with Gasteiger partial charge in [0.2, 0.25) is 5.91 Å². The minimum absolute atomic E-state index is 0.0896. The topological polar surface area (TPSA) is 32.3 Å². The second-order valence-electron chi connectivity index (χ2n) is 3.96. The molecular weight excluding hydrogens is 200 g/mol. The maximum absolute atomic E-state index is 11.2. The summed E-state index contributed by atoms with van der Waals surface area (Å²) < 4.78 is 0. The summed E-state index contributed by atoms with van der Waals surface area (Å²) in [5.74, 6) is 6.20. The standard InChI is InChI=1S/C13H24N2O/c1-5-7-11-15(4)12(8-6-2)9-10-13(16)14-3/h12H,5,7,9-11H2,1-4H3,(H,14,16). The van der Waals surface area contributed by atoms with Gasteiger partial charge in [-0.05, 0) is 33.4 Å². The summed E-state index contributed by atoms with van der Waals surface area (Å²) >= 11 is 0. The molecule has 3 heteroatoms. The molecule has 3 nitrogen and oxygen atoms in total. The molecule has 1 amide bonds. The van der Waals surface area contributed by atoms with E-state index in [4.69, 9.17) is 0 Å². The van der Waals surface area contributed by atoms with E-state index < -0.39 is 0 Å². The number of carbonyl (C=O) groups excluding carboxylic acids is 1. The summed E-state index contributed by atoms with van der Waals surface area (Å²) in [5.41, 5.74) is 0. The van der Waals surface area contributed by atoms with Crippen molar-refractivity contribution in [2.24, 2.45) is 0 Å². The van der Waals surface area contributed by atoms with Gasteiger partial charge in [-0.1, -0.05) is 19.3 Å². The van der Waals surface area contributed by atoms with Gasteiger partial charge in [0, 0.05) is 13.5 Å². The molecule has 0 radical (unpaired) electrons. The second-order valence-corrected chi connectivity index (χ2v) is 3.96. The van der Waals surface area contributed by atoms with Crippen LogP contribution in [0.2, 0.25) is 0 Å². The van der Waals surface area contributed by atoms with Crippen LogP contribution in [0.5, 0.6) is 0 Å². The van der Waals surface area contributed by atoms with Crippen molar-refractivity contribution in [3.63, 3.8) is 0 Å². The fourth-order valence-electron chi connectivity index (χ4n) is 1.53. The van der Waals surface area contributed by atoms with E-state index in [0.717, 1.165) is 13.0 Å². The second kappa shape index (κ2) is 9.23. The average Bonchev–Trinajstić information content (AvgIpc) is 2.30. The molecule has 0 spiro atoms. The maximum atomic E-state index is 11.2. The van der Waals surface area contributed by atoms with Crippen molar-refractivity contribution in [2.75, 3.05) is 20.6 Å². The van der Waals surface area contributed by atoms with Gasteiger partial charge < -0.3 is 5.32 Å². The van der Waals surface area contributed by atoms with E-state index >= 15 is 0 Å². The summed E-state index contributed by atoms with van der Waals surface area (Å²) in [7, 11) is 3.75. The smallest absolute Gasteiger partial charge is 0.219 e. The molecule has 92 valence electrons. The molecule has 0 aliphatic heterocycles. The lowest BCUT2D eigenvalue weighted by molar-refractivity contribution is -0.120. The van der Waals surface area contributed by atoms with E-state index in [0.29, 0.717) is 6.42 Å². The first-order chi connectivity index (χ1) is 7.65. The van der Waals surface area contributed by atoms with Crippen molar-refractivity contribution < 1.29 is 4.79 Å². The molecule has 0 aliphatic rings. The minimum Gasteiger partial charge on any atom is -0.359 e. The van der Waals surface area contributed by atoms with Crippen LogP contribution in [-0.2, 0) is 4.79 Å². The minimum atomic E-state index is 0.0896. The van der Waals surface area contributed by atoms with Crippen LogP contribution in [0.3, 0.4) is 0 Å². The normalized spacial score (nSPS) is 11.8. The molecule has 0 heterocycles. The zero-order valence-electron chi connectivity index (χ0n) is 11.0. The molecule has 0 aromatic carbocycles. The number of nitrogens with zero attached hydrogens (tertiary/aromatic N) is 1. The first-order valence-corrected chi connectivity index (χ1v) is 5.98. The molecule has 0 rings (SSSR count). The molecule has 1 atom stereocenters. The molecule has 0 aromatic rings. The SMILES string of the molecule is CC#CC(CCC(=O)NC)N(C)CCCC. The van der Waals surface area contributed by atoms with Gasteiger partial charge in [-0.3, -0.25) is 9.69 Å². The number of rotatable bonds is 7. The van der Waals surface area contributed by atoms with Gasteiger partial charge in [0.1, 0.15) is 0 Å². The highest BCUT2D eigenvalue weighted by molar-refractivity contribution is 5.75. The Morgan fingerprint density at radius 1 is 1.50 bits per heavy atom. The summed E-state index contributed by atoms with van der Waals surface area (Å²) in [6, 6.07) is 0.203. The van der Waals surface area contributed by atoms with Crippen LogP contribution >= 0.6 is 0 Å². The Balaban J connectivity index is 4.13. The predicted octanol–water partition coefficient (Wildman–Crippen LogP) is 1.64. The predicted molar refractivity (Wildman–Crippen MR) is 68.1 cm³/mol. The molecule has 0 saturated heterocycles. The fraction of sp³-hybridized carbons (Fsp3) is 0.769. The molecule has 1 N–H and O–H groups in total. The van der Waals surface area contributed by atoms with Gasteiger partial charge in [0.25, 0.3) is 0 Å². The van der Waals surface area contributed by atoms with Crippen LogP contribution in [0, 0.1) is 11.8 Å². The first kappa shape index (κ1) is 15.0. The molecule has 16 heavy (non-hydrogen) atoms. The van der Waals surface area contributed by atoms with Gasteiger partial charge in [-0.25, -0.2) is 0 Å². The van der Waals surface area contributed by atoms with Crippen LogP contribution in [0.25, 0.3) is 0 Å². The lowest BCUT2D eigenvalue weighted by Crippen LogP contribution is -2.32. The van der Waals surface area contributed by atoms with Gasteiger partial charge in [-0.2, -0.15) is 0 Å². The van der Waals surface area contributed by atoms with Gasteiger partial charge >= 0.3 is 0 Å². The van der Waals surface area contributed by atoms with E-state index in [9.17, 15) is 4.79 Å². The van der Waals surface area contributed by atoms with Crippen LogP contribution < -0.4 is 5.32 Å². The van der Waals surface area contributed by atoms with Crippen molar-refractivity contribution in [3.05, 3.63) is 0 Å². The number of carbonyl (C=O) groups is 1. The quantitative estimate of drug-likeness (QED) is 0.667. The van der Waals surface area contributed by atoms with Crippen molar-refractivity contribution >= 4 is 5.91 Å². The van der Waals surface area contributed by atoms with E-state index in [1.807, 2.05) is 6.92 Å². The Bertz CT molecular complexity index is 252. The number of hydrogen-bond donors (Lipinski definition) is 1. The first-order valence-electron chi connectivity index (χ1n) is 5.98. The largest absolute Gasteiger partial charge is 0.359 e. The number of unbranched alkanes of at least 4 members (excludes halogenated alkanes) is 1. The molecule has 0 saturated carbocycles. The Kier molecular flexibility index (Phi) is 8.65. The summed E-state index contributed by atoms with van der Waals surface area (Å²) in [6.07, 6.45) is 3.72. The lowest BCUT2D eigenvalue weighted by atomic mass is 10.1. The van der Waals surface area contributed by atoms with Gasteiger partial charge in [-0.15, -0.1) is 5.92 Å². The number of nitrogens with one attached hydrogen (secondary N) is 1. The molecule has 0 aromatic heterocycles. The Labute approximate surface area is 99.6 Å². The van der Waals surface area contributed by atoms with Crippen molar-refractivity contribution in [1.82, 2.24) is 10.2 Å². The van der Waals surface area contributed by atoms with Gasteiger partial charge in [0.05, 0.1) is 6.04 Å². The van der Waals surface area contributed by atoms with Crippen molar-refractivity contribution in [1.29, 1.82) is 0 Å². The lowest BCUT2D eigenvalue weighted by Gasteiger charge is -2.23. The average molecular weight is 224 g/mol. The summed E-state index contributed by atoms with van der Waals surface area (Å²) in [6.45, 7) is 5.07. The van der Waals surface area contributed by atoms with Crippen LogP contribution in [0.4, 0.5) is 0 Å². The molecule has 0 bridgehead atoms. The van der Waals surface area contributed by atoms with E-state index in [-0.39, 0.29) is 11.9 Å². The molecule has 0 aliphatic carbocycles. The third-order valence-corrected chi connectivity index (χ3v) is 2.63. The Hall–Kier alpha value is -1.01. The summed E-state index contributed by atoms with van der Waals surface area (Å²) in [4.78, 5) is 13.4. The van der Waals surface area contributed by atoms with Crippen molar-refractivity contribution in [2.45, 2.75) is 45.6 Å². The zero-order valence-corrected chi connectivity index (χ0v) is 11.0. The monoisotopic (exact) mass is 224 g/mol. The maximum Gasteiger partial charge on any atom is 0.219 e. The Morgan fingerprint density at radius 3 is 2.69 bits per heavy atom. The van der Waals surface area contributed by atoms with E-state index in [1.165, 1.54) is 12.8 Å². The third-order valence-electron chi connectivity index (χ3n) is 2.63. The highest BCUT2D eigenvalue weighted by Gasteiger charge is 2.12. The molecular formula is C13H24N2O. The molecule has 0 fully saturated rings. The Morgan fingerprint density at radius 2 is 2.19 bits per heavy atom. The number of amides is 1. The van der Waals surface area contributed by atoms with Crippen molar-refractivity contribution in [3.8, 4) is 11.8 Å². The zero-order chi connectivity index (χ0) is 12.4. The highest BCUT2D eigenvalue weighted by atomic mass is 16.1. The fourth-order valence-corrected chi connectivity index (χ4v) is 1.53. The van der Waals surface area contributed by atoms with Gasteiger partial charge in [0.15, 0.2) is 0 Å². The van der Waals surface area contributed by atoms with Crippen LogP contribution in [-0.4, -0.2) is 37.5 Å². The van der Waals surface area contributed by atoms with E-state index in [1.54, 1.807) is 7.05 Å². The highest BCUT2D eigenvalue weighted by Crippen LogP contribution is 2.06.